The molecular weight excluding hydrogens is 467 g/mol. The summed E-state index contributed by atoms with van der Waals surface area (Å²) in [5, 5.41) is 0.754. The number of hydrogen-bond acceptors (Lipinski definition) is 5. The van der Waals surface area contributed by atoms with Crippen LogP contribution >= 0.6 is 27.3 Å². The molecule has 4 rings (SSSR count). The molecule has 0 aliphatic carbocycles. The van der Waals surface area contributed by atoms with E-state index in [2.05, 4.69) is 15.9 Å². The number of carbonyl (C=O) groups is 1. The lowest BCUT2D eigenvalue weighted by molar-refractivity contribution is 0.0987. The van der Waals surface area contributed by atoms with Crippen molar-refractivity contribution >= 4 is 49.0 Å². The summed E-state index contributed by atoms with van der Waals surface area (Å²) in [6.07, 6.45) is 0.492. The Morgan fingerprint density at radius 1 is 1.20 bits per heavy atom. The van der Waals surface area contributed by atoms with E-state index < -0.39 is 0 Å². The topological polar surface area (TPSA) is 65.2 Å². The summed E-state index contributed by atoms with van der Waals surface area (Å²) in [5.41, 5.74) is 8.87. The van der Waals surface area contributed by atoms with Gasteiger partial charge in [0.15, 0.2) is 5.78 Å². The Labute approximate surface area is 185 Å². The van der Waals surface area contributed by atoms with Gasteiger partial charge in [-0.2, -0.15) is 0 Å². The number of Topliss-reactive ketones (excluding diaryl/α,β-unsaturated/α-hetero) is 1. The fraction of sp³-hybridized carbons (Fsp3) is 0.130. The number of hydrogen-bond donors (Lipinski definition) is 1. The minimum atomic E-state index is -0.328. The van der Waals surface area contributed by atoms with Gasteiger partial charge in [-0.3, -0.25) is 4.79 Å². The Kier molecular flexibility index (Phi) is 5.83. The highest BCUT2D eigenvalue weighted by atomic mass is 79.9. The number of thiophene rings is 1. The van der Waals surface area contributed by atoms with Crippen LogP contribution in [0.25, 0.3) is 21.5 Å². The van der Waals surface area contributed by atoms with E-state index in [0.29, 0.717) is 31.9 Å². The molecule has 2 aromatic heterocycles. The zero-order valence-electron chi connectivity index (χ0n) is 16.1. The van der Waals surface area contributed by atoms with Crippen LogP contribution in [0.15, 0.2) is 59.1 Å². The van der Waals surface area contributed by atoms with Gasteiger partial charge in [0.1, 0.15) is 16.4 Å². The number of anilines is 1. The Bertz CT molecular complexity index is 1260. The zero-order chi connectivity index (χ0) is 21.3. The third kappa shape index (κ3) is 4.08. The molecule has 2 N–H and O–H groups in total. The molecule has 0 radical (unpaired) electrons. The second-order valence-electron chi connectivity index (χ2n) is 6.78. The van der Waals surface area contributed by atoms with E-state index in [1.54, 1.807) is 19.2 Å². The van der Waals surface area contributed by atoms with Gasteiger partial charge in [0.05, 0.1) is 23.4 Å². The molecule has 0 unspecified atom stereocenters. The first-order valence-electron chi connectivity index (χ1n) is 9.27. The summed E-state index contributed by atoms with van der Waals surface area (Å²) in [7, 11) is 1.62. The van der Waals surface area contributed by atoms with Gasteiger partial charge in [-0.05, 0) is 48.4 Å². The lowest BCUT2D eigenvalue weighted by atomic mass is 10.1. The summed E-state index contributed by atoms with van der Waals surface area (Å²) in [6.45, 7) is 0. The normalized spacial score (nSPS) is 11.0. The highest BCUT2D eigenvalue weighted by molar-refractivity contribution is 9.10. The predicted molar refractivity (Wildman–Crippen MR) is 123 cm³/mol. The van der Waals surface area contributed by atoms with E-state index in [1.165, 1.54) is 17.4 Å². The van der Waals surface area contributed by atoms with Crippen LogP contribution in [0.1, 0.15) is 21.7 Å². The van der Waals surface area contributed by atoms with Crippen molar-refractivity contribution in [2.45, 2.75) is 12.8 Å². The van der Waals surface area contributed by atoms with Crippen molar-refractivity contribution in [3.8, 4) is 17.0 Å². The lowest BCUT2D eigenvalue weighted by Gasteiger charge is -2.04. The van der Waals surface area contributed by atoms with Gasteiger partial charge in [0.25, 0.3) is 0 Å². The van der Waals surface area contributed by atoms with Crippen LogP contribution in [0.3, 0.4) is 0 Å². The van der Waals surface area contributed by atoms with E-state index in [4.69, 9.17) is 15.5 Å². The molecule has 0 spiro atoms. The third-order valence-corrected chi connectivity index (χ3v) is 6.50. The molecule has 152 valence electrons. The maximum Gasteiger partial charge on any atom is 0.175 e. The zero-order valence-corrected chi connectivity index (χ0v) is 18.5. The molecule has 0 aliphatic heterocycles. The number of pyridine rings is 1. The smallest absolute Gasteiger partial charge is 0.175 e. The molecular formula is C23H18BrFN2O2S. The highest BCUT2D eigenvalue weighted by Crippen LogP contribution is 2.35. The minimum absolute atomic E-state index is 0.110. The first-order valence-corrected chi connectivity index (χ1v) is 10.9. The van der Waals surface area contributed by atoms with Crippen molar-refractivity contribution in [2.24, 2.45) is 0 Å². The summed E-state index contributed by atoms with van der Waals surface area (Å²) in [4.78, 5) is 18.6. The van der Waals surface area contributed by atoms with Crippen molar-refractivity contribution in [2.75, 3.05) is 12.8 Å². The van der Waals surface area contributed by atoms with E-state index in [0.717, 1.165) is 22.4 Å². The number of ketones is 1. The number of halogens is 2. The number of ether oxygens (including phenoxy) is 1. The summed E-state index contributed by atoms with van der Waals surface area (Å²) in [6, 6.07) is 16.2. The second kappa shape index (κ2) is 8.53. The van der Waals surface area contributed by atoms with E-state index in [9.17, 15) is 9.18 Å². The monoisotopic (exact) mass is 484 g/mol. The Balaban J connectivity index is 1.60. The number of nitrogens with zero attached hydrogens (tertiary/aromatic N) is 1. The molecule has 0 saturated heterocycles. The number of nitrogen functional groups attached to an aromatic ring is 1. The molecule has 2 aromatic carbocycles. The molecule has 0 atom stereocenters. The molecule has 4 aromatic rings. The summed E-state index contributed by atoms with van der Waals surface area (Å²) in [5.74, 6) is 0.308. The minimum Gasteiger partial charge on any atom is -0.497 e. The third-order valence-electron chi connectivity index (χ3n) is 4.85. The summed E-state index contributed by atoms with van der Waals surface area (Å²) >= 11 is 4.51. The number of rotatable bonds is 6. The van der Waals surface area contributed by atoms with E-state index >= 15 is 0 Å². The van der Waals surface area contributed by atoms with Crippen LogP contribution < -0.4 is 10.5 Å². The van der Waals surface area contributed by atoms with Gasteiger partial charge in [-0.15, -0.1) is 11.3 Å². The number of aryl methyl sites for hydroxylation is 1. The van der Waals surface area contributed by atoms with Crippen molar-refractivity contribution in [1.82, 2.24) is 4.98 Å². The van der Waals surface area contributed by atoms with Gasteiger partial charge in [-0.25, -0.2) is 9.37 Å². The van der Waals surface area contributed by atoms with Gasteiger partial charge >= 0.3 is 0 Å². The number of aromatic nitrogens is 1. The Hall–Kier alpha value is -2.77. The maximum atomic E-state index is 14.0. The molecule has 30 heavy (non-hydrogen) atoms. The van der Waals surface area contributed by atoms with Crippen molar-refractivity contribution < 1.29 is 13.9 Å². The first-order chi connectivity index (χ1) is 14.5. The van der Waals surface area contributed by atoms with E-state index in [-0.39, 0.29) is 18.0 Å². The van der Waals surface area contributed by atoms with Crippen LogP contribution in [0.4, 0.5) is 10.1 Å². The Morgan fingerprint density at radius 2 is 2.03 bits per heavy atom. The molecule has 0 aliphatic rings. The van der Waals surface area contributed by atoms with Crippen molar-refractivity contribution in [3.63, 3.8) is 0 Å². The fourth-order valence-electron chi connectivity index (χ4n) is 3.23. The molecule has 0 bridgehead atoms. The number of methoxy groups -OCH3 is 1. The molecule has 4 nitrogen and oxygen atoms in total. The largest absolute Gasteiger partial charge is 0.497 e. The molecule has 7 heteroatoms. The molecule has 0 saturated carbocycles. The maximum absolute atomic E-state index is 14.0. The number of fused-ring (bicyclic) bond motifs is 1. The highest BCUT2D eigenvalue weighted by Gasteiger charge is 2.18. The van der Waals surface area contributed by atoms with Crippen LogP contribution in [0, 0.1) is 5.82 Å². The van der Waals surface area contributed by atoms with Crippen molar-refractivity contribution in [3.05, 3.63) is 75.3 Å². The summed E-state index contributed by atoms with van der Waals surface area (Å²) < 4.78 is 20.0. The Morgan fingerprint density at radius 3 is 2.80 bits per heavy atom. The lowest BCUT2D eigenvalue weighted by Crippen LogP contribution is -2.03. The van der Waals surface area contributed by atoms with Gasteiger partial charge in [0.2, 0.25) is 0 Å². The number of carbonyl (C=O) groups excluding carboxylic acids is 1. The molecule has 0 fully saturated rings. The van der Waals surface area contributed by atoms with Crippen molar-refractivity contribution in [1.29, 1.82) is 0 Å². The second-order valence-corrected chi connectivity index (χ2v) is 8.70. The van der Waals surface area contributed by atoms with Crippen LogP contribution in [0.5, 0.6) is 5.75 Å². The first kappa shape index (κ1) is 20.5. The van der Waals surface area contributed by atoms with Crippen LogP contribution in [-0.2, 0) is 6.42 Å². The average molecular weight is 485 g/mol. The number of benzene rings is 2. The van der Waals surface area contributed by atoms with Gasteiger partial charge in [0, 0.05) is 21.8 Å². The standard InChI is InChI=1S/C23H18BrFN2O2S/c1-29-16-4-2-3-14(11-16)19-9-8-17-21(26)22(30-23(17)27-19)20(28)10-6-13-5-7-15(24)12-18(13)25/h2-5,7-9,11-12H,6,10,26H2,1H3. The average Bonchev–Trinajstić information content (AvgIpc) is 3.09. The van der Waals surface area contributed by atoms with Crippen LogP contribution in [0.2, 0.25) is 0 Å². The molecule has 0 amide bonds. The SMILES string of the molecule is COc1cccc(-c2ccc3c(N)c(C(=O)CCc4ccc(Br)cc4F)sc3n2)c1. The quantitative estimate of drug-likeness (QED) is 0.327. The number of nitrogens with two attached hydrogens (primary N) is 1. The van der Waals surface area contributed by atoms with E-state index in [1.807, 2.05) is 36.4 Å². The van der Waals surface area contributed by atoms with Gasteiger partial charge < -0.3 is 10.5 Å². The predicted octanol–water partition coefficient (Wildman–Crippen LogP) is 6.27. The van der Waals surface area contributed by atoms with Crippen LogP contribution in [-0.4, -0.2) is 17.9 Å². The fourth-order valence-corrected chi connectivity index (χ4v) is 4.63. The molecule has 2 heterocycles. The van der Waals surface area contributed by atoms with Gasteiger partial charge in [-0.1, -0.05) is 34.1 Å².